The van der Waals surface area contributed by atoms with Crippen LogP contribution >= 0.6 is 23.1 Å². The van der Waals surface area contributed by atoms with E-state index in [1.54, 1.807) is 6.21 Å². The number of hydrazone groups is 1. The van der Waals surface area contributed by atoms with Crippen molar-refractivity contribution >= 4 is 45.4 Å². The molecule has 0 aliphatic heterocycles. The lowest BCUT2D eigenvalue weighted by Gasteiger charge is -2.18. The molecule has 0 bridgehead atoms. The molecule has 0 fully saturated rings. The quantitative estimate of drug-likeness (QED) is 0.162. The monoisotopic (exact) mass is 490 g/mol. The zero-order valence-corrected chi connectivity index (χ0v) is 21.1. The Hall–Kier alpha value is -3.23. The van der Waals surface area contributed by atoms with Gasteiger partial charge in [-0.15, -0.1) is 11.3 Å². The molecule has 0 aliphatic rings. The zero-order valence-electron chi connectivity index (χ0n) is 19.5. The fraction of sp³-hybridized carbons (Fsp3) is 0.231. The number of aromatic amines is 1. The van der Waals surface area contributed by atoms with E-state index in [4.69, 9.17) is 0 Å². The molecular formula is C26H26N4O2S2. The molecule has 174 valence electrons. The third kappa shape index (κ3) is 5.46. The minimum Gasteiger partial charge on any atom is -0.301 e. The Balaban J connectivity index is 1.40. The predicted molar refractivity (Wildman–Crippen MR) is 142 cm³/mol. The molecule has 0 radical (unpaired) electrons. The van der Waals surface area contributed by atoms with Gasteiger partial charge in [0.05, 0.1) is 17.4 Å². The number of nitrogens with zero attached hydrogens (tertiary/aromatic N) is 2. The average molecular weight is 491 g/mol. The fourth-order valence-corrected chi connectivity index (χ4v) is 5.29. The molecule has 0 atom stereocenters. The number of rotatable bonds is 6. The highest BCUT2D eigenvalue weighted by Gasteiger charge is 2.17. The van der Waals surface area contributed by atoms with Gasteiger partial charge in [-0.3, -0.25) is 9.59 Å². The summed E-state index contributed by atoms with van der Waals surface area (Å²) in [6, 6.07) is 17.9. The molecule has 2 aromatic heterocycles. The van der Waals surface area contributed by atoms with Crippen molar-refractivity contribution in [2.45, 2.75) is 38.3 Å². The van der Waals surface area contributed by atoms with Crippen molar-refractivity contribution in [3.8, 4) is 11.1 Å². The summed E-state index contributed by atoms with van der Waals surface area (Å²) in [5.41, 5.74) is 6.45. The number of fused-ring (bicyclic) bond motifs is 1. The van der Waals surface area contributed by atoms with Gasteiger partial charge in [0.1, 0.15) is 4.83 Å². The van der Waals surface area contributed by atoms with Crippen LogP contribution in [-0.4, -0.2) is 27.8 Å². The van der Waals surface area contributed by atoms with Crippen LogP contribution in [0.15, 0.2) is 69.6 Å². The van der Waals surface area contributed by atoms with Crippen LogP contribution in [0.3, 0.4) is 0 Å². The van der Waals surface area contributed by atoms with Gasteiger partial charge >= 0.3 is 0 Å². The molecule has 2 aromatic carbocycles. The van der Waals surface area contributed by atoms with Gasteiger partial charge in [-0.05, 0) is 29.0 Å². The number of amides is 1. The van der Waals surface area contributed by atoms with E-state index in [9.17, 15) is 9.59 Å². The maximum atomic E-state index is 12.8. The van der Waals surface area contributed by atoms with Gasteiger partial charge in [0.25, 0.3) is 11.5 Å². The normalized spacial score (nSPS) is 11.9. The standard InChI is InChI=1S/C26H26N4O2S2/c1-16-21(18-8-6-5-7-9-18)22-23(32)28-25(29-24(22)34-16)33-15-20(31)30-27-14-17-10-12-19(13-11-17)26(2,3)4/h5-14H,15H2,1-4H3,(H,30,31)(H,28,29,32)/b27-14+. The summed E-state index contributed by atoms with van der Waals surface area (Å²) in [5.74, 6) is -0.187. The minimum atomic E-state index is -0.275. The molecule has 0 spiro atoms. The van der Waals surface area contributed by atoms with E-state index in [1.165, 1.54) is 28.7 Å². The van der Waals surface area contributed by atoms with Gasteiger partial charge in [0, 0.05) is 10.4 Å². The molecular weight excluding hydrogens is 464 g/mol. The first kappa shape index (κ1) is 23.9. The van der Waals surface area contributed by atoms with Crippen molar-refractivity contribution in [3.63, 3.8) is 0 Å². The third-order valence-electron chi connectivity index (χ3n) is 5.30. The first-order valence-corrected chi connectivity index (χ1v) is 12.7. The lowest BCUT2D eigenvalue weighted by molar-refractivity contribution is -0.118. The summed E-state index contributed by atoms with van der Waals surface area (Å²) in [5, 5.41) is 5.03. The first-order valence-electron chi connectivity index (χ1n) is 10.9. The van der Waals surface area contributed by atoms with E-state index in [2.05, 4.69) is 53.4 Å². The van der Waals surface area contributed by atoms with Gasteiger partial charge in [-0.2, -0.15) is 5.10 Å². The van der Waals surface area contributed by atoms with Crippen LogP contribution < -0.4 is 11.0 Å². The van der Waals surface area contributed by atoms with E-state index in [0.29, 0.717) is 15.4 Å². The lowest BCUT2D eigenvalue weighted by atomic mass is 9.87. The second-order valence-corrected chi connectivity index (χ2v) is 11.1. The van der Waals surface area contributed by atoms with Crippen molar-refractivity contribution in [2.75, 3.05) is 5.75 Å². The first-order chi connectivity index (χ1) is 16.2. The Morgan fingerprint density at radius 3 is 2.53 bits per heavy atom. The van der Waals surface area contributed by atoms with Crippen molar-refractivity contribution in [2.24, 2.45) is 5.10 Å². The Bertz CT molecular complexity index is 1400. The van der Waals surface area contributed by atoms with Crippen LogP contribution in [0.4, 0.5) is 0 Å². The minimum absolute atomic E-state index is 0.0874. The molecule has 2 heterocycles. The summed E-state index contributed by atoms with van der Waals surface area (Å²) in [7, 11) is 0. The van der Waals surface area contributed by atoms with Crippen LogP contribution in [0.1, 0.15) is 36.8 Å². The number of hydrogen-bond donors (Lipinski definition) is 2. The number of nitrogens with one attached hydrogen (secondary N) is 2. The van der Waals surface area contributed by atoms with E-state index < -0.39 is 0 Å². The number of benzene rings is 2. The van der Waals surface area contributed by atoms with E-state index in [-0.39, 0.29) is 22.6 Å². The molecule has 0 saturated heterocycles. The lowest BCUT2D eigenvalue weighted by Crippen LogP contribution is -2.20. The number of H-pyrrole nitrogens is 1. The molecule has 8 heteroatoms. The van der Waals surface area contributed by atoms with Crippen molar-refractivity contribution in [1.82, 2.24) is 15.4 Å². The summed E-state index contributed by atoms with van der Waals surface area (Å²) in [6.45, 7) is 8.48. The van der Waals surface area contributed by atoms with Crippen LogP contribution in [-0.2, 0) is 10.2 Å². The molecule has 0 aliphatic carbocycles. The number of aromatic nitrogens is 2. The van der Waals surface area contributed by atoms with Crippen LogP contribution in [0.2, 0.25) is 0 Å². The number of aryl methyl sites for hydroxylation is 1. The van der Waals surface area contributed by atoms with Crippen LogP contribution in [0.5, 0.6) is 0 Å². The second kappa shape index (κ2) is 9.95. The van der Waals surface area contributed by atoms with E-state index >= 15 is 0 Å². The summed E-state index contributed by atoms with van der Waals surface area (Å²) in [4.78, 5) is 34.2. The topological polar surface area (TPSA) is 87.2 Å². The van der Waals surface area contributed by atoms with Gasteiger partial charge in [0.2, 0.25) is 0 Å². The molecule has 6 nitrogen and oxygen atoms in total. The molecule has 0 saturated carbocycles. The second-order valence-electron chi connectivity index (χ2n) is 8.90. The Morgan fingerprint density at radius 1 is 1.15 bits per heavy atom. The number of carbonyl (C=O) groups excluding carboxylic acids is 1. The molecule has 34 heavy (non-hydrogen) atoms. The van der Waals surface area contributed by atoms with E-state index in [1.807, 2.05) is 49.4 Å². The number of hydrogen-bond acceptors (Lipinski definition) is 6. The molecule has 2 N–H and O–H groups in total. The maximum absolute atomic E-state index is 12.8. The Kier molecular flexibility index (Phi) is 7.00. The zero-order chi connectivity index (χ0) is 24.3. The highest BCUT2D eigenvalue weighted by Crippen LogP contribution is 2.35. The number of thiophene rings is 1. The maximum Gasteiger partial charge on any atom is 0.260 e. The summed E-state index contributed by atoms with van der Waals surface area (Å²) in [6.07, 6.45) is 1.61. The molecule has 0 unspecified atom stereocenters. The van der Waals surface area contributed by atoms with Crippen molar-refractivity contribution < 1.29 is 4.79 Å². The average Bonchev–Trinajstić information content (AvgIpc) is 3.14. The predicted octanol–water partition coefficient (Wildman–Crippen LogP) is 5.50. The van der Waals surface area contributed by atoms with Crippen molar-refractivity contribution in [3.05, 3.63) is 81.0 Å². The number of thioether (sulfide) groups is 1. The Labute approximate surface area is 206 Å². The fourth-order valence-electron chi connectivity index (χ4n) is 3.53. The highest BCUT2D eigenvalue weighted by molar-refractivity contribution is 7.99. The van der Waals surface area contributed by atoms with E-state index in [0.717, 1.165) is 21.6 Å². The summed E-state index contributed by atoms with van der Waals surface area (Å²) < 4.78 is 0. The van der Waals surface area contributed by atoms with Gasteiger partial charge in [-0.25, -0.2) is 10.4 Å². The Morgan fingerprint density at radius 2 is 1.85 bits per heavy atom. The molecule has 4 aromatic rings. The van der Waals surface area contributed by atoms with Crippen LogP contribution in [0, 0.1) is 6.92 Å². The largest absolute Gasteiger partial charge is 0.301 e. The SMILES string of the molecule is Cc1sc2nc(SCC(=O)N/N=C/c3ccc(C(C)(C)C)cc3)[nH]c(=O)c2c1-c1ccccc1. The highest BCUT2D eigenvalue weighted by atomic mass is 32.2. The van der Waals surface area contributed by atoms with Gasteiger partial charge in [-0.1, -0.05) is 87.1 Å². The summed E-state index contributed by atoms with van der Waals surface area (Å²) >= 11 is 2.65. The van der Waals surface area contributed by atoms with Gasteiger partial charge < -0.3 is 4.98 Å². The van der Waals surface area contributed by atoms with Crippen LogP contribution in [0.25, 0.3) is 21.3 Å². The molecule has 1 amide bonds. The van der Waals surface area contributed by atoms with Gasteiger partial charge in [0.15, 0.2) is 5.16 Å². The van der Waals surface area contributed by atoms with Crippen molar-refractivity contribution in [1.29, 1.82) is 0 Å². The molecule has 4 rings (SSSR count). The third-order valence-corrected chi connectivity index (χ3v) is 7.17. The number of carbonyl (C=O) groups is 1. The smallest absolute Gasteiger partial charge is 0.260 e.